The van der Waals surface area contributed by atoms with Crippen LogP contribution >= 0.6 is 15.9 Å². The summed E-state index contributed by atoms with van der Waals surface area (Å²) in [5.41, 5.74) is 6.53. The average molecular weight is 274 g/mol. The first-order valence-electron chi connectivity index (χ1n) is 4.90. The predicted molar refractivity (Wildman–Crippen MR) is 60.4 cm³/mol. The molecule has 2 N–H and O–H groups in total. The average Bonchev–Trinajstić information content (AvgIpc) is 2.17. The Kier molecular flexibility index (Phi) is 2.73. The van der Waals surface area contributed by atoms with Crippen molar-refractivity contribution >= 4 is 15.9 Å². The first-order chi connectivity index (χ1) is 7.08. The Bertz CT molecular complexity index is 390. The molecule has 1 aromatic carbocycles. The van der Waals surface area contributed by atoms with Crippen molar-refractivity contribution in [3.8, 4) is 5.75 Å². The fraction of sp³-hybridized carbons (Fsp3) is 0.455. The maximum atomic E-state index is 13.5. The van der Waals surface area contributed by atoms with Gasteiger partial charge in [0.15, 0.2) is 11.6 Å². The molecule has 0 atom stereocenters. The molecule has 2 nitrogen and oxygen atoms in total. The number of halogens is 2. The summed E-state index contributed by atoms with van der Waals surface area (Å²) >= 11 is 3.41. The van der Waals surface area contributed by atoms with Crippen molar-refractivity contribution in [2.75, 3.05) is 7.11 Å². The highest BCUT2D eigenvalue weighted by Gasteiger charge is 2.39. The molecule has 0 saturated heterocycles. The number of hydrogen-bond acceptors (Lipinski definition) is 2. The van der Waals surface area contributed by atoms with Crippen molar-refractivity contribution in [3.63, 3.8) is 0 Å². The van der Waals surface area contributed by atoms with Gasteiger partial charge in [0, 0.05) is 15.6 Å². The topological polar surface area (TPSA) is 35.2 Å². The number of hydrogen-bond donors (Lipinski definition) is 1. The van der Waals surface area contributed by atoms with Crippen LogP contribution in [0.2, 0.25) is 0 Å². The van der Waals surface area contributed by atoms with Crippen molar-refractivity contribution in [1.29, 1.82) is 0 Å². The van der Waals surface area contributed by atoms with Crippen LogP contribution in [-0.2, 0) is 5.54 Å². The number of rotatable bonds is 2. The lowest BCUT2D eigenvalue weighted by Crippen LogP contribution is -2.44. The largest absolute Gasteiger partial charge is 0.493 e. The lowest BCUT2D eigenvalue weighted by atomic mass is 9.72. The van der Waals surface area contributed by atoms with Crippen molar-refractivity contribution in [1.82, 2.24) is 0 Å². The first kappa shape index (κ1) is 10.9. The van der Waals surface area contributed by atoms with Crippen molar-refractivity contribution in [2.45, 2.75) is 24.8 Å². The van der Waals surface area contributed by atoms with E-state index in [-0.39, 0.29) is 11.6 Å². The summed E-state index contributed by atoms with van der Waals surface area (Å²) in [7, 11) is 1.47. The third-order valence-corrected chi connectivity index (χ3v) is 3.67. The highest BCUT2D eigenvalue weighted by Crippen LogP contribution is 2.46. The van der Waals surface area contributed by atoms with Crippen LogP contribution in [0.5, 0.6) is 5.75 Å². The van der Waals surface area contributed by atoms with E-state index in [2.05, 4.69) is 15.9 Å². The number of methoxy groups -OCH3 is 1. The van der Waals surface area contributed by atoms with E-state index in [4.69, 9.17) is 10.5 Å². The minimum Gasteiger partial charge on any atom is -0.493 e. The van der Waals surface area contributed by atoms with Crippen LogP contribution in [-0.4, -0.2) is 7.11 Å². The predicted octanol–water partition coefficient (Wildman–Crippen LogP) is 2.93. The van der Waals surface area contributed by atoms with Gasteiger partial charge in [0.05, 0.1) is 7.11 Å². The molecule has 0 radical (unpaired) electrons. The van der Waals surface area contributed by atoms with E-state index in [1.54, 1.807) is 6.07 Å². The summed E-state index contributed by atoms with van der Waals surface area (Å²) in [6.07, 6.45) is 2.85. The summed E-state index contributed by atoms with van der Waals surface area (Å²) in [6, 6.07) is 3.06. The van der Waals surface area contributed by atoms with Gasteiger partial charge in [0.2, 0.25) is 0 Å². The second kappa shape index (κ2) is 3.76. The molecule has 1 aliphatic carbocycles. The molecule has 2 rings (SSSR count). The highest BCUT2D eigenvalue weighted by atomic mass is 79.9. The molecule has 0 aliphatic heterocycles. The summed E-state index contributed by atoms with van der Waals surface area (Å²) < 4.78 is 19.4. The third-order valence-electron chi connectivity index (χ3n) is 3.01. The zero-order valence-electron chi connectivity index (χ0n) is 8.52. The number of ether oxygens (including phenoxy) is 1. The van der Waals surface area contributed by atoms with E-state index in [9.17, 15) is 4.39 Å². The summed E-state index contributed by atoms with van der Waals surface area (Å²) in [5, 5.41) is 0. The second-order valence-corrected chi connectivity index (χ2v) is 4.80. The highest BCUT2D eigenvalue weighted by molar-refractivity contribution is 9.10. The molecule has 1 saturated carbocycles. The van der Waals surface area contributed by atoms with E-state index in [0.29, 0.717) is 0 Å². The van der Waals surface area contributed by atoms with E-state index in [0.717, 1.165) is 29.3 Å². The van der Waals surface area contributed by atoms with Gasteiger partial charge in [-0.15, -0.1) is 0 Å². The Morgan fingerprint density at radius 2 is 2.13 bits per heavy atom. The molecular weight excluding hydrogens is 261 g/mol. The van der Waals surface area contributed by atoms with Gasteiger partial charge in [-0.2, -0.15) is 0 Å². The van der Waals surface area contributed by atoms with Crippen LogP contribution in [0.25, 0.3) is 0 Å². The smallest absolute Gasteiger partial charge is 0.165 e. The van der Waals surface area contributed by atoms with Gasteiger partial charge in [-0.05, 0) is 31.4 Å². The van der Waals surface area contributed by atoms with E-state index in [1.165, 1.54) is 13.2 Å². The SMILES string of the molecule is COc1c(F)ccc(Br)c1C1(N)CCC1. The number of benzene rings is 1. The molecule has 1 aromatic rings. The first-order valence-corrected chi connectivity index (χ1v) is 5.69. The van der Waals surface area contributed by atoms with Crippen LogP contribution < -0.4 is 10.5 Å². The van der Waals surface area contributed by atoms with Crippen LogP contribution in [0.15, 0.2) is 16.6 Å². The van der Waals surface area contributed by atoms with Gasteiger partial charge in [-0.1, -0.05) is 15.9 Å². The van der Waals surface area contributed by atoms with Gasteiger partial charge in [-0.25, -0.2) is 4.39 Å². The Labute approximate surface area is 96.7 Å². The molecule has 0 amide bonds. The minimum atomic E-state index is -0.424. The minimum absolute atomic E-state index is 0.270. The van der Waals surface area contributed by atoms with Crippen LogP contribution in [0.4, 0.5) is 4.39 Å². The van der Waals surface area contributed by atoms with Gasteiger partial charge >= 0.3 is 0 Å². The zero-order chi connectivity index (χ0) is 11.1. The van der Waals surface area contributed by atoms with Crippen molar-refractivity contribution in [3.05, 3.63) is 28.0 Å². The monoisotopic (exact) mass is 273 g/mol. The molecule has 82 valence electrons. The molecule has 1 aliphatic rings. The van der Waals surface area contributed by atoms with Gasteiger partial charge in [-0.3, -0.25) is 0 Å². The Morgan fingerprint density at radius 3 is 2.60 bits per heavy atom. The molecule has 1 fully saturated rings. The second-order valence-electron chi connectivity index (χ2n) is 3.95. The van der Waals surface area contributed by atoms with E-state index < -0.39 is 5.54 Å². The Balaban J connectivity index is 2.57. The normalized spacial score (nSPS) is 18.4. The molecule has 0 spiro atoms. The summed E-state index contributed by atoms with van der Waals surface area (Å²) in [6.45, 7) is 0. The van der Waals surface area contributed by atoms with Gasteiger partial charge < -0.3 is 10.5 Å². The fourth-order valence-electron chi connectivity index (χ4n) is 2.00. The van der Waals surface area contributed by atoms with Crippen molar-refractivity contribution < 1.29 is 9.13 Å². The lowest BCUT2D eigenvalue weighted by Gasteiger charge is -2.40. The van der Waals surface area contributed by atoms with Crippen LogP contribution in [0.3, 0.4) is 0 Å². The summed E-state index contributed by atoms with van der Waals surface area (Å²) in [4.78, 5) is 0. The fourth-order valence-corrected chi connectivity index (χ4v) is 2.71. The van der Waals surface area contributed by atoms with Crippen LogP contribution in [0.1, 0.15) is 24.8 Å². The molecular formula is C11H13BrFNO. The number of nitrogens with two attached hydrogens (primary N) is 1. The molecule has 0 bridgehead atoms. The maximum Gasteiger partial charge on any atom is 0.165 e. The van der Waals surface area contributed by atoms with Gasteiger partial charge in [0.1, 0.15) is 0 Å². The lowest BCUT2D eigenvalue weighted by molar-refractivity contribution is 0.239. The van der Waals surface area contributed by atoms with E-state index in [1.807, 2.05) is 0 Å². The Hall–Kier alpha value is -0.610. The third kappa shape index (κ3) is 1.66. The Morgan fingerprint density at radius 1 is 1.47 bits per heavy atom. The molecule has 0 aromatic heterocycles. The molecule has 4 heteroatoms. The molecule has 0 unspecified atom stereocenters. The van der Waals surface area contributed by atoms with Crippen molar-refractivity contribution in [2.24, 2.45) is 5.73 Å². The standard InChI is InChI=1S/C11H13BrFNO/c1-15-10-8(13)4-3-7(12)9(10)11(14)5-2-6-11/h3-4H,2,5-6,14H2,1H3. The zero-order valence-corrected chi connectivity index (χ0v) is 10.1. The van der Waals surface area contributed by atoms with Crippen LogP contribution in [0, 0.1) is 5.82 Å². The van der Waals surface area contributed by atoms with Gasteiger partial charge in [0.25, 0.3) is 0 Å². The quantitative estimate of drug-likeness (QED) is 0.899. The maximum absolute atomic E-state index is 13.5. The molecule has 0 heterocycles. The molecule has 15 heavy (non-hydrogen) atoms. The summed E-state index contributed by atoms with van der Waals surface area (Å²) in [5.74, 6) is -0.0843. The van der Waals surface area contributed by atoms with E-state index >= 15 is 0 Å².